The number of fused-ring (bicyclic) bond motifs is 1. The number of benzene rings is 1. The number of hydrogen-bond acceptors (Lipinski definition) is 3. The van der Waals surface area contributed by atoms with Crippen LogP contribution in [0.4, 0.5) is 0 Å². The summed E-state index contributed by atoms with van der Waals surface area (Å²) >= 11 is 0. The molecule has 0 unspecified atom stereocenters. The molecule has 0 aliphatic heterocycles. The first kappa shape index (κ1) is 15.7. The molecule has 21 heavy (non-hydrogen) atoms. The highest BCUT2D eigenvalue weighted by molar-refractivity contribution is 5.83. The van der Waals surface area contributed by atoms with Gasteiger partial charge in [-0.2, -0.15) is 0 Å². The topological polar surface area (TPSA) is 48.1 Å². The fraction of sp³-hybridized carbons (Fsp3) is 0.471. The summed E-state index contributed by atoms with van der Waals surface area (Å²) in [7, 11) is 4.14. The highest BCUT2D eigenvalue weighted by atomic mass is 16.1. The number of hydrogen-bond donors (Lipinski definition) is 2. The first-order chi connectivity index (χ1) is 9.99. The van der Waals surface area contributed by atoms with Crippen molar-refractivity contribution >= 4 is 10.9 Å². The minimum atomic E-state index is 0.0105. The molecule has 0 fully saturated rings. The quantitative estimate of drug-likeness (QED) is 0.801. The maximum absolute atomic E-state index is 12.2. The van der Waals surface area contributed by atoms with Crippen molar-refractivity contribution in [3.63, 3.8) is 0 Å². The summed E-state index contributed by atoms with van der Waals surface area (Å²) in [6, 6.07) is 6.17. The van der Waals surface area contributed by atoms with E-state index in [1.807, 2.05) is 13.0 Å². The summed E-state index contributed by atoms with van der Waals surface area (Å²) in [4.78, 5) is 17.3. The van der Waals surface area contributed by atoms with Gasteiger partial charge >= 0.3 is 0 Å². The Morgan fingerprint density at radius 2 is 2.00 bits per heavy atom. The van der Waals surface area contributed by atoms with Crippen molar-refractivity contribution in [3.05, 3.63) is 45.2 Å². The van der Waals surface area contributed by atoms with Crippen molar-refractivity contribution in [2.45, 2.75) is 26.8 Å². The fourth-order valence-electron chi connectivity index (χ4n) is 2.44. The van der Waals surface area contributed by atoms with E-state index in [-0.39, 0.29) is 5.56 Å². The monoisotopic (exact) mass is 287 g/mol. The maximum Gasteiger partial charge on any atom is 0.252 e. The van der Waals surface area contributed by atoms with E-state index in [1.165, 1.54) is 5.56 Å². The SMILES string of the molecule is Cc1ccc2cc(CNCCCN(C)C)c(=O)[nH]c2c1C. The van der Waals surface area contributed by atoms with E-state index in [0.29, 0.717) is 6.54 Å². The second-order valence-electron chi connectivity index (χ2n) is 5.93. The Hall–Kier alpha value is -1.65. The molecular weight excluding hydrogens is 262 g/mol. The summed E-state index contributed by atoms with van der Waals surface area (Å²) in [6.07, 6.45) is 1.08. The van der Waals surface area contributed by atoms with Crippen molar-refractivity contribution in [1.82, 2.24) is 15.2 Å². The molecule has 2 aromatic rings. The molecule has 1 heterocycles. The van der Waals surface area contributed by atoms with Crippen molar-refractivity contribution in [2.75, 3.05) is 27.2 Å². The van der Waals surface area contributed by atoms with Crippen molar-refractivity contribution in [1.29, 1.82) is 0 Å². The first-order valence-corrected chi connectivity index (χ1v) is 7.46. The number of aryl methyl sites for hydroxylation is 2. The van der Waals surface area contributed by atoms with Gasteiger partial charge in [-0.05, 0) is 70.0 Å². The normalized spacial score (nSPS) is 11.5. The molecule has 1 aromatic heterocycles. The molecule has 4 nitrogen and oxygen atoms in total. The lowest BCUT2D eigenvalue weighted by Gasteiger charge is -2.10. The predicted molar refractivity (Wildman–Crippen MR) is 88.9 cm³/mol. The Kier molecular flexibility index (Phi) is 5.15. The molecule has 0 spiro atoms. The third-order valence-electron chi connectivity index (χ3n) is 3.90. The van der Waals surface area contributed by atoms with Gasteiger partial charge in [-0.1, -0.05) is 12.1 Å². The fourth-order valence-corrected chi connectivity index (χ4v) is 2.44. The summed E-state index contributed by atoms with van der Waals surface area (Å²) in [5.74, 6) is 0. The van der Waals surface area contributed by atoms with Crippen LogP contribution in [0.3, 0.4) is 0 Å². The van der Waals surface area contributed by atoms with Gasteiger partial charge in [-0.25, -0.2) is 0 Å². The van der Waals surface area contributed by atoms with Gasteiger partial charge in [0.1, 0.15) is 0 Å². The Labute approximate surface area is 126 Å². The van der Waals surface area contributed by atoms with Gasteiger partial charge in [0.05, 0.1) is 5.52 Å². The van der Waals surface area contributed by atoms with Crippen molar-refractivity contribution in [3.8, 4) is 0 Å². The van der Waals surface area contributed by atoms with Crippen LogP contribution in [0.1, 0.15) is 23.1 Å². The lowest BCUT2D eigenvalue weighted by Crippen LogP contribution is -2.24. The number of aromatic nitrogens is 1. The number of nitrogens with one attached hydrogen (secondary N) is 2. The highest BCUT2D eigenvalue weighted by Crippen LogP contribution is 2.18. The summed E-state index contributed by atoms with van der Waals surface area (Å²) < 4.78 is 0. The highest BCUT2D eigenvalue weighted by Gasteiger charge is 2.06. The largest absolute Gasteiger partial charge is 0.321 e. The number of pyridine rings is 1. The third kappa shape index (κ3) is 3.93. The van der Waals surface area contributed by atoms with Crippen LogP contribution in [0.15, 0.2) is 23.0 Å². The molecule has 0 amide bonds. The standard InChI is InChI=1S/C17H25N3O/c1-12-6-7-14-10-15(11-18-8-5-9-20(3)4)17(21)19-16(14)13(12)2/h6-7,10,18H,5,8-9,11H2,1-4H3,(H,19,21). The molecule has 0 bridgehead atoms. The van der Waals surface area contributed by atoms with Gasteiger partial charge < -0.3 is 15.2 Å². The van der Waals surface area contributed by atoms with Gasteiger partial charge in [0.2, 0.25) is 0 Å². The van der Waals surface area contributed by atoms with Crippen LogP contribution in [-0.4, -0.2) is 37.1 Å². The van der Waals surface area contributed by atoms with Crippen molar-refractivity contribution < 1.29 is 0 Å². The van der Waals surface area contributed by atoms with Crippen molar-refractivity contribution in [2.24, 2.45) is 0 Å². The molecule has 0 saturated heterocycles. The van der Waals surface area contributed by atoms with Gasteiger partial charge in [0, 0.05) is 12.1 Å². The molecule has 1 aromatic carbocycles. The van der Waals surface area contributed by atoms with Crippen LogP contribution in [0.25, 0.3) is 10.9 Å². The second-order valence-corrected chi connectivity index (χ2v) is 5.93. The van der Waals surface area contributed by atoms with E-state index in [0.717, 1.165) is 41.5 Å². The summed E-state index contributed by atoms with van der Waals surface area (Å²) in [5.41, 5.74) is 4.12. The van der Waals surface area contributed by atoms with Crippen LogP contribution in [-0.2, 0) is 6.54 Å². The zero-order valence-electron chi connectivity index (χ0n) is 13.4. The lowest BCUT2D eigenvalue weighted by atomic mass is 10.0. The Balaban J connectivity index is 2.09. The smallest absolute Gasteiger partial charge is 0.252 e. The van der Waals surface area contributed by atoms with E-state index in [9.17, 15) is 4.79 Å². The first-order valence-electron chi connectivity index (χ1n) is 7.46. The Bertz CT molecular complexity index is 674. The number of H-pyrrole nitrogens is 1. The van der Waals surface area contributed by atoms with Crippen LogP contribution in [0.2, 0.25) is 0 Å². The molecule has 4 heteroatoms. The second kappa shape index (κ2) is 6.87. The van der Waals surface area contributed by atoms with Gasteiger partial charge in [0.15, 0.2) is 0 Å². The molecule has 0 atom stereocenters. The van der Waals surface area contributed by atoms with Crippen LogP contribution >= 0.6 is 0 Å². The number of rotatable bonds is 6. The number of aromatic amines is 1. The van der Waals surface area contributed by atoms with E-state index in [2.05, 4.69) is 48.4 Å². The maximum atomic E-state index is 12.2. The molecular formula is C17H25N3O. The molecule has 114 valence electrons. The summed E-state index contributed by atoms with van der Waals surface area (Å²) in [5, 5.41) is 4.44. The van der Waals surface area contributed by atoms with E-state index in [1.54, 1.807) is 0 Å². The average molecular weight is 287 g/mol. The zero-order chi connectivity index (χ0) is 15.4. The molecule has 2 N–H and O–H groups in total. The Morgan fingerprint density at radius 1 is 1.24 bits per heavy atom. The number of nitrogens with zero attached hydrogens (tertiary/aromatic N) is 1. The molecule has 2 rings (SSSR count). The van der Waals surface area contributed by atoms with Crippen LogP contribution < -0.4 is 10.9 Å². The van der Waals surface area contributed by atoms with Gasteiger partial charge in [-0.15, -0.1) is 0 Å². The molecule has 0 aliphatic rings. The van der Waals surface area contributed by atoms with Gasteiger partial charge in [-0.3, -0.25) is 4.79 Å². The minimum Gasteiger partial charge on any atom is -0.321 e. The van der Waals surface area contributed by atoms with E-state index in [4.69, 9.17) is 0 Å². The average Bonchev–Trinajstić information content (AvgIpc) is 2.44. The van der Waals surface area contributed by atoms with E-state index >= 15 is 0 Å². The lowest BCUT2D eigenvalue weighted by molar-refractivity contribution is 0.394. The van der Waals surface area contributed by atoms with Crippen LogP contribution in [0, 0.1) is 13.8 Å². The summed E-state index contributed by atoms with van der Waals surface area (Å²) in [6.45, 7) is 6.70. The molecule has 0 radical (unpaired) electrons. The van der Waals surface area contributed by atoms with Crippen LogP contribution in [0.5, 0.6) is 0 Å². The molecule has 0 aliphatic carbocycles. The Morgan fingerprint density at radius 3 is 2.71 bits per heavy atom. The van der Waals surface area contributed by atoms with Gasteiger partial charge in [0.25, 0.3) is 5.56 Å². The van der Waals surface area contributed by atoms with E-state index < -0.39 is 0 Å². The third-order valence-corrected chi connectivity index (χ3v) is 3.90. The minimum absolute atomic E-state index is 0.0105. The predicted octanol–water partition coefficient (Wildman–Crippen LogP) is 2.19. The molecule has 0 saturated carbocycles. The zero-order valence-corrected chi connectivity index (χ0v) is 13.4.